The van der Waals surface area contributed by atoms with Gasteiger partial charge >= 0.3 is 0 Å². The summed E-state index contributed by atoms with van der Waals surface area (Å²) in [5, 5.41) is 7.87. The summed E-state index contributed by atoms with van der Waals surface area (Å²) in [6, 6.07) is 6.98. The lowest BCUT2D eigenvalue weighted by Crippen LogP contribution is -2.13. The minimum absolute atomic E-state index is 0.234. The van der Waals surface area contributed by atoms with Gasteiger partial charge in [-0.1, -0.05) is 16.8 Å². The molecule has 0 saturated heterocycles. The Kier molecular flexibility index (Phi) is 4.51. The number of anilines is 1. The van der Waals surface area contributed by atoms with Crippen LogP contribution in [-0.2, 0) is 0 Å². The Hall–Kier alpha value is -2.60. The number of aromatic nitrogens is 2. The minimum Gasteiger partial charge on any atom is -0.489 e. The van der Waals surface area contributed by atoms with Gasteiger partial charge in [-0.2, -0.15) is 0 Å². The first-order chi connectivity index (χ1) is 12.6. The third-order valence-corrected chi connectivity index (χ3v) is 4.85. The Morgan fingerprint density at radius 3 is 2.88 bits per heavy atom. The minimum atomic E-state index is -0.277. The molecule has 6 nitrogen and oxygen atoms in total. The van der Waals surface area contributed by atoms with E-state index < -0.39 is 0 Å². The Bertz CT molecular complexity index is 964. The van der Waals surface area contributed by atoms with Crippen LogP contribution in [0, 0.1) is 6.92 Å². The van der Waals surface area contributed by atoms with Crippen LogP contribution < -0.4 is 10.1 Å². The molecule has 0 bridgehead atoms. The Balaban J connectivity index is 1.49. The first-order valence-corrected chi connectivity index (χ1v) is 8.97. The molecule has 4 rings (SSSR count). The SMILES string of the molecule is Cc1noc2ncc(C(=O)Nc3ccc(OC4CCCC4)c(Cl)c3)cc12. The fourth-order valence-corrected chi connectivity index (χ4v) is 3.36. The van der Waals surface area contributed by atoms with E-state index in [9.17, 15) is 4.79 Å². The quantitative estimate of drug-likeness (QED) is 0.715. The molecule has 1 aliphatic carbocycles. The number of benzene rings is 1. The molecule has 0 spiro atoms. The number of hydrogen-bond donors (Lipinski definition) is 1. The van der Waals surface area contributed by atoms with E-state index in [1.54, 1.807) is 31.2 Å². The molecule has 2 aromatic heterocycles. The van der Waals surface area contributed by atoms with Crippen molar-refractivity contribution in [2.75, 3.05) is 5.32 Å². The molecule has 1 amide bonds. The fourth-order valence-electron chi connectivity index (χ4n) is 3.13. The van der Waals surface area contributed by atoms with Gasteiger partial charge in [0.25, 0.3) is 11.6 Å². The summed E-state index contributed by atoms with van der Waals surface area (Å²) in [5.41, 5.74) is 2.13. The number of ether oxygens (including phenoxy) is 1. The van der Waals surface area contributed by atoms with Crippen molar-refractivity contribution in [2.24, 2.45) is 0 Å². The molecule has 26 heavy (non-hydrogen) atoms. The highest BCUT2D eigenvalue weighted by Gasteiger charge is 2.18. The molecular weight excluding hydrogens is 354 g/mol. The van der Waals surface area contributed by atoms with Gasteiger partial charge in [-0.25, -0.2) is 4.98 Å². The first-order valence-electron chi connectivity index (χ1n) is 8.60. The van der Waals surface area contributed by atoms with Crippen molar-refractivity contribution in [3.63, 3.8) is 0 Å². The fraction of sp³-hybridized carbons (Fsp3) is 0.316. The van der Waals surface area contributed by atoms with Crippen molar-refractivity contribution in [2.45, 2.75) is 38.7 Å². The number of nitrogens with zero attached hydrogens (tertiary/aromatic N) is 2. The number of carbonyl (C=O) groups excluding carboxylic acids is 1. The first kappa shape index (κ1) is 16.8. The van der Waals surface area contributed by atoms with Gasteiger partial charge < -0.3 is 14.6 Å². The largest absolute Gasteiger partial charge is 0.489 e. The molecule has 1 aliphatic rings. The molecule has 0 atom stereocenters. The highest BCUT2D eigenvalue weighted by Crippen LogP contribution is 2.32. The van der Waals surface area contributed by atoms with Crippen molar-refractivity contribution in [1.29, 1.82) is 0 Å². The van der Waals surface area contributed by atoms with Crippen molar-refractivity contribution in [3.8, 4) is 5.75 Å². The van der Waals surface area contributed by atoms with Gasteiger partial charge in [-0.05, 0) is 56.9 Å². The standard InChI is InChI=1S/C19H18ClN3O3/c1-11-15-8-12(10-21-19(15)26-23-11)18(24)22-13-6-7-17(16(20)9-13)25-14-4-2-3-5-14/h6-10,14H,2-5H2,1H3,(H,22,24). The second-order valence-electron chi connectivity index (χ2n) is 6.47. The summed E-state index contributed by atoms with van der Waals surface area (Å²) >= 11 is 6.31. The van der Waals surface area contributed by atoms with Crippen molar-refractivity contribution in [1.82, 2.24) is 10.1 Å². The van der Waals surface area contributed by atoms with Crippen LogP contribution in [0.2, 0.25) is 5.02 Å². The van der Waals surface area contributed by atoms with Crippen LogP contribution in [0.4, 0.5) is 5.69 Å². The van der Waals surface area contributed by atoms with E-state index in [2.05, 4.69) is 15.5 Å². The average Bonchev–Trinajstić information content (AvgIpc) is 3.27. The third-order valence-electron chi connectivity index (χ3n) is 4.56. The zero-order valence-electron chi connectivity index (χ0n) is 14.3. The number of pyridine rings is 1. The van der Waals surface area contributed by atoms with Crippen LogP contribution in [0.5, 0.6) is 5.75 Å². The molecule has 1 aromatic carbocycles. The average molecular weight is 372 g/mol. The number of aryl methyl sites for hydroxylation is 1. The van der Waals surface area contributed by atoms with E-state index in [1.807, 2.05) is 0 Å². The third kappa shape index (κ3) is 3.37. The molecule has 3 aromatic rings. The number of fused-ring (bicyclic) bond motifs is 1. The van der Waals surface area contributed by atoms with E-state index in [1.165, 1.54) is 19.0 Å². The molecule has 7 heteroatoms. The Morgan fingerprint density at radius 2 is 2.12 bits per heavy atom. The van der Waals surface area contributed by atoms with Gasteiger partial charge in [0.1, 0.15) is 5.75 Å². The molecule has 2 heterocycles. The smallest absolute Gasteiger partial charge is 0.257 e. The Morgan fingerprint density at radius 1 is 1.31 bits per heavy atom. The molecule has 1 saturated carbocycles. The number of nitrogens with one attached hydrogen (secondary N) is 1. The van der Waals surface area contributed by atoms with Gasteiger partial charge in [-0.3, -0.25) is 4.79 Å². The topological polar surface area (TPSA) is 77.2 Å². The second-order valence-corrected chi connectivity index (χ2v) is 6.88. The summed E-state index contributed by atoms with van der Waals surface area (Å²) < 4.78 is 11.0. The molecule has 0 aliphatic heterocycles. The number of amides is 1. The van der Waals surface area contributed by atoms with Crippen LogP contribution in [0.3, 0.4) is 0 Å². The number of rotatable bonds is 4. The predicted octanol–water partition coefficient (Wildman–Crippen LogP) is 4.76. The summed E-state index contributed by atoms with van der Waals surface area (Å²) in [6.45, 7) is 1.80. The van der Waals surface area contributed by atoms with Crippen molar-refractivity contribution in [3.05, 3.63) is 46.7 Å². The van der Waals surface area contributed by atoms with E-state index in [0.717, 1.165) is 18.2 Å². The van der Waals surface area contributed by atoms with Gasteiger partial charge in [0.15, 0.2) is 0 Å². The lowest BCUT2D eigenvalue weighted by Gasteiger charge is -2.15. The van der Waals surface area contributed by atoms with E-state index in [-0.39, 0.29) is 12.0 Å². The lowest BCUT2D eigenvalue weighted by atomic mass is 10.2. The van der Waals surface area contributed by atoms with E-state index >= 15 is 0 Å². The van der Waals surface area contributed by atoms with Crippen molar-refractivity contribution < 1.29 is 14.1 Å². The number of halogens is 1. The lowest BCUT2D eigenvalue weighted by molar-refractivity contribution is 0.102. The van der Waals surface area contributed by atoms with Crippen LogP contribution in [-0.4, -0.2) is 22.2 Å². The number of carbonyl (C=O) groups is 1. The zero-order valence-corrected chi connectivity index (χ0v) is 15.0. The van der Waals surface area contributed by atoms with Crippen LogP contribution in [0.15, 0.2) is 35.0 Å². The molecule has 134 valence electrons. The van der Waals surface area contributed by atoms with Crippen LogP contribution >= 0.6 is 11.6 Å². The van der Waals surface area contributed by atoms with Gasteiger partial charge in [-0.15, -0.1) is 0 Å². The molecular formula is C19H18ClN3O3. The number of hydrogen-bond acceptors (Lipinski definition) is 5. The maximum Gasteiger partial charge on any atom is 0.257 e. The molecule has 0 unspecified atom stereocenters. The van der Waals surface area contributed by atoms with Crippen LogP contribution in [0.25, 0.3) is 11.1 Å². The summed E-state index contributed by atoms with van der Waals surface area (Å²) in [4.78, 5) is 16.6. The van der Waals surface area contributed by atoms with Gasteiger partial charge in [0, 0.05) is 11.9 Å². The normalized spacial score (nSPS) is 14.7. The highest BCUT2D eigenvalue weighted by atomic mass is 35.5. The zero-order chi connectivity index (χ0) is 18.1. The predicted molar refractivity (Wildman–Crippen MR) is 98.8 cm³/mol. The van der Waals surface area contributed by atoms with Gasteiger partial charge in [0.05, 0.1) is 27.8 Å². The second kappa shape index (κ2) is 6.96. The molecule has 1 N–H and O–H groups in total. The monoisotopic (exact) mass is 371 g/mol. The maximum atomic E-state index is 12.5. The highest BCUT2D eigenvalue weighted by molar-refractivity contribution is 6.32. The summed E-state index contributed by atoms with van der Waals surface area (Å²) in [5.74, 6) is 0.375. The van der Waals surface area contributed by atoms with Crippen LogP contribution in [0.1, 0.15) is 41.7 Å². The van der Waals surface area contributed by atoms with Crippen molar-refractivity contribution >= 4 is 34.3 Å². The maximum absolute atomic E-state index is 12.5. The Labute approximate surface area is 155 Å². The molecule has 0 radical (unpaired) electrons. The van der Waals surface area contributed by atoms with E-state index in [4.69, 9.17) is 20.9 Å². The molecule has 1 fully saturated rings. The van der Waals surface area contributed by atoms with Gasteiger partial charge in [0.2, 0.25) is 0 Å². The summed E-state index contributed by atoms with van der Waals surface area (Å²) in [6.07, 6.45) is 6.21. The summed E-state index contributed by atoms with van der Waals surface area (Å²) in [7, 11) is 0. The van der Waals surface area contributed by atoms with E-state index in [0.29, 0.717) is 33.4 Å².